The lowest BCUT2D eigenvalue weighted by molar-refractivity contribution is -0.144. The van der Waals surface area contributed by atoms with Gasteiger partial charge in [0.1, 0.15) is 5.75 Å². The maximum Gasteiger partial charge on any atom is 0.257 e. The zero-order valence-electron chi connectivity index (χ0n) is 19.9. The van der Waals surface area contributed by atoms with E-state index in [1.165, 1.54) is 12.8 Å². The van der Waals surface area contributed by atoms with Gasteiger partial charge in [-0.3, -0.25) is 19.3 Å². The second-order valence-corrected chi connectivity index (χ2v) is 9.35. The fraction of sp³-hybridized carbons (Fsp3) is 0.640. The third-order valence-electron chi connectivity index (χ3n) is 7.47. The number of methoxy groups -OCH3 is 1. The van der Waals surface area contributed by atoms with Crippen molar-refractivity contribution >= 4 is 17.7 Å². The topological polar surface area (TPSA) is 73.4 Å². The van der Waals surface area contributed by atoms with Gasteiger partial charge in [-0.2, -0.15) is 0 Å². The van der Waals surface area contributed by atoms with Crippen LogP contribution in [0.5, 0.6) is 5.75 Å². The smallest absolute Gasteiger partial charge is 0.257 e. The summed E-state index contributed by atoms with van der Waals surface area (Å²) in [6.45, 7) is 6.62. The minimum absolute atomic E-state index is 0.0174. The van der Waals surface area contributed by atoms with Crippen LogP contribution in [0.3, 0.4) is 0 Å². The molecule has 1 aromatic rings. The van der Waals surface area contributed by atoms with Crippen LogP contribution in [0.25, 0.3) is 0 Å². The molecule has 0 spiro atoms. The first-order valence-corrected chi connectivity index (χ1v) is 12.2. The fourth-order valence-electron chi connectivity index (χ4n) is 5.55. The number of carbonyl (C=O) groups is 3. The molecule has 0 radical (unpaired) electrons. The van der Waals surface area contributed by atoms with Crippen molar-refractivity contribution in [3.63, 3.8) is 0 Å². The van der Waals surface area contributed by atoms with Crippen molar-refractivity contribution in [1.29, 1.82) is 0 Å². The lowest BCUT2D eigenvalue weighted by Gasteiger charge is -2.44. The molecule has 33 heavy (non-hydrogen) atoms. The van der Waals surface area contributed by atoms with Gasteiger partial charge in [-0.1, -0.05) is 25.0 Å². The summed E-state index contributed by atoms with van der Waals surface area (Å²) in [5.74, 6) is 1.23. The van der Waals surface area contributed by atoms with E-state index in [1.54, 1.807) is 20.1 Å². The average Bonchev–Trinajstić information content (AvgIpc) is 3.38. The highest BCUT2D eigenvalue weighted by molar-refractivity contribution is 5.97. The summed E-state index contributed by atoms with van der Waals surface area (Å²) in [6.07, 6.45) is 4.53. The van der Waals surface area contributed by atoms with Gasteiger partial charge in [0.15, 0.2) is 0 Å². The van der Waals surface area contributed by atoms with Crippen LogP contribution in [0.15, 0.2) is 24.3 Å². The Kier molecular flexibility index (Phi) is 7.53. The molecule has 0 bridgehead atoms. The number of hydrogen-bond donors (Lipinski definition) is 0. The van der Waals surface area contributed by atoms with E-state index in [9.17, 15) is 14.4 Å². The predicted molar refractivity (Wildman–Crippen MR) is 125 cm³/mol. The summed E-state index contributed by atoms with van der Waals surface area (Å²) < 4.78 is 5.37. The van der Waals surface area contributed by atoms with E-state index < -0.39 is 0 Å². The van der Waals surface area contributed by atoms with Crippen LogP contribution < -0.4 is 4.74 Å². The minimum Gasteiger partial charge on any atom is -0.496 e. The number of nitrogens with zero attached hydrogens (tertiary/aromatic N) is 4. The van der Waals surface area contributed by atoms with E-state index in [0.29, 0.717) is 69.6 Å². The Bertz CT molecular complexity index is 854. The molecule has 0 unspecified atom stereocenters. The van der Waals surface area contributed by atoms with Gasteiger partial charge in [0.2, 0.25) is 11.8 Å². The second kappa shape index (κ2) is 10.5. The number of rotatable bonds is 5. The van der Waals surface area contributed by atoms with E-state index >= 15 is 0 Å². The van der Waals surface area contributed by atoms with Gasteiger partial charge in [-0.05, 0) is 30.9 Å². The molecule has 1 aromatic carbocycles. The van der Waals surface area contributed by atoms with Gasteiger partial charge in [0.25, 0.3) is 5.91 Å². The van der Waals surface area contributed by atoms with Crippen molar-refractivity contribution in [2.45, 2.75) is 38.6 Å². The van der Waals surface area contributed by atoms with Crippen LogP contribution in [0, 0.1) is 5.92 Å². The number of benzene rings is 1. The van der Waals surface area contributed by atoms with Crippen LogP contribution in [-0.2, 0) is 9.59 Å². The van der Waals surface area contributed by atoms with Crippen molar-refractivity contribution in [3.8, 4) is 5.75 Å². The van der Waals surface area contributed by atoms with Crippen LogP contribution in [-0.4, -0.2) is 103 Å². The molecule has 0 N–H and O–H groups in total. The van der Waals surface area contributed by atoms with E-state index in [4.69, 9.17) is 4.74 Å². The predicted octanol–water partition coefficient (Wildman–Crippen LogP) is 1.70. The number of piperazine rings is 2. The highest BCUT2D eigenvalue weighted by Crippen LogP contribution is 2.32. The van der Waals surface area contributed by atoms with Gasteiger partial charge < -0.3 is 19.4 Å². The van der Waals surface area contributed by atoms with Crippen LogP contribution >= 0.6 is 0 Å². The molecule has 8 heteroatoms. The van der Waals surface area contributed by atoms with Crippen molar-refractivity contribution < 1.29 is 19.1 Å². The summed E-state index contributed by atoms with van der Waals surface area (Å²) in [4.78, 5) is 46.4. The Balaban J connectivity index is 1.41. The van der Waals surface area contributed by atoms with Gasteiger partial charge in [-0.15, -0.1) is 0 Å². The summed E-state index contributed by atoms with van der Waals surface area (Å²) in [6, 6.07) is 7.21. The lowest BCUT2D eigenvalue weighted by Crippen LogP contribution is -2.60. The molecule has 3 aliphatic rings. The highest BCUT2D eigenvalue weighted by Gasteiger charge is 2.40. The van der Waals surface area contributed by atoms with Gasteiger partial charge in [-0.25, -0.2) is 0 Å². The van der Waals surface area contributed by atoms with Crippen LogP contribution in [0.4, 0.5) is 0 Å². The average molecular weight is 457 g/mol. The van der Waals surface area contributed by atoms with Crippen molar-refractivity contribution in [2.75, 3.05) is 59.5 Å². The Hall–Kier alpha value is -2.61. The van der Waals surface area contributed by atoms with Crippen LogP contribution in [0.1, 0.15) is 43.0 Å². The van der Waals surface area contributed by atoms with Gasteiger partial charge in [0.05, 0.1) is 18.7 Å². The Labute approximate surface area is 196 Å². The highest BCUT2D eigenvalue weighted by atomic mass is 16.5. The Morgan fingerprint density at radius 1 is 0.848 bits per heavy atom. The maximum atomic E-state index is 13.7. The molecule has 1 aliphatic carbocycles. The second-order valence-electron chi connectivity index (χ2n) is 9.35. The van der Waals surface area contributed by atoms with Gasteiger partial charge >= 0.3 is 0 Å². The standard InChI is InChI=1S/C25H36N4O4/c1-19(30)26-11-15-29(16-12-26)25(32)23(20-7-3-4-8-20)27-13-17-28(18-14-27)24(31)21-9-5-6-10-22(21)33-2/h5-6,9-10,20,23H,3-4,7-8,11-18H2,1-2H3/t23-/m0/s1. The Morgan fingerprint density at radius 2 is 1.42 bits per heavy atom. The molecule has 4 rings (SSSR count). The fourth-order valence-corrected chi connectivity index (χ4v) is 5.55. The number of amides is 3. The SMILES string of the molecule is COc1ccccc1C(=O)N1CCN([C@H](C(=O)N2CCN(C(C)=O)CC2)C2CCCC2)CC1. The molecule has 0 aromatic heterocycles. The number of para-hydroxylation sites is 1. The molecular formula is C25H36N4O4. The third-order valence-corrected chi connectivity index (χ3v) is 7.47. The number of hydrogen-bond acceptors (Lipinski definition) is 5. The molecule has 3 amide bonds. The number of carbonyl (C=O) groups excluding carboxylic acids is 3. The molecule has 1 atom stereocenters. The van der Waals surface area contributed by atoms with Crippen LogP contribution in [0.2, 0.25) is 0 Å². The third kappa shape index (κ3) is 5.16. The maximum absolute atomic E-state index is 13.7. The molecule has 2 saturated heterocycles. The van der Waals surface area contributed by atoms with Gasteiger partial charge in [0, 0.05) is 59.3 Å². The molecule has 1 saturated carbocycles. The first-order valence-electron chi connectivity index (χ1n) is 12.2. The minimum atomic E-state index is -0.125. The molecule has 8 nitrogen and oxygen atoms in total. The number of ether oxygens (including phenoxy) is 1. The van der Waals surface area contributed by atoms with E-state index in [-0.39, 0.29) is 23.8 Å². The molecule has 3 fully saturated rings. The largest absolute Gasteiger partial charge is 0.496 e. The van der Waals surface area contributed by atoms with Crippen molar-refractivity contribution in [3.05, 3.63) is 29.8 Å². The molecule has 180 valence electrons. The normalized spacial score (nSPS) is 21.2. The van der Waals surface area contributed by atoms with Crippen molar-refractivity contribution in [1.82, 2.24) is 19.6 Å². The first-order chi connectivity index (χ1) is 16.0. The first kappa shape index (κ1) is 23.5. The zero-order valence-corrected chi connectivity index (χ0v) is 19.9. The molecule has 2 aliphatic heterocycles. The lowest BCUT2D eigenvalue weighted by atomic mass is 9.94. The summed E-state index contributed by atoms with van der Waals surface area (Å²) in [5.41, 5.74) is 0.584. The summed E-state index contributed by atoms with van der Waals surface area (Å²) in [5, 5.41) is 0. The summed E-state index contributed by atoms with van der Waals surface area (Å²) in [7, 11) is 1.58. The quantitative estimate of drug-likeness (QED) is 0.674. The molecular weight excluding hydrogens is 420 g/mol. The summed E-state index contributed by atoms with van der Waals surface area (Å²) >= 11 is 0. The van der Waals surface area contributed by atoms with E-state index in [0.717, 1.165) is 12.8 Å². The van der Waals surface area contributed by atoms with E-state index in [2.05, 4.69) is 4.90 Å². The molecule has 2 heterocycles. The Morgan fingerprint density at radius 3 is 2.03 bits per heavy atom. The van der Waals surface area contributed by atoms with E-state index in [1.807, 2.05) is 32.9 Å². The zero-order chi connectivity index (χ0) is 23.4. The monoisotopic (exact) mass is 456 g/mol. The van der Waals surface area contributed by atoms with Crippen molar-refractivity contribution in [2.24, 2.45) is 5.92 Å².